The van der Waals surface area contributed by atoms with E-state index in [9.17, 15) is 8.42 Å². The fraction of sp³-hybridized carbons (Fsp3) is 0.562. The first kappa shape index (κ1) is 16.0. The van der Waals surface area contributed by atoms with Gasteiger partial charge in [0.25, 0.3) is 0 Å². The molecule has 1 aliphatic rings. The summed E-state index contributed by atoms with van der Waals surface area (Å²) in [5.41, 5.74) is 1.98. The van der Waals surface area contributed by atoms with Crippen LogP contribution in [0.1, 0.15) is 63.9 Å². The zero-order valence-corrected chi connectivity index (χ0v) is 13.5. The molecule has 21 heavy (non-hydrogen) atoms. The van der Waals surface area contributed by atoms with Gasteiger partial charge in [-0.25, -0.2) is 0 Å². The summed E-state index contributed by atoms with van der Waals surface area (Å²) in [5.74, 6) is 0.421. The van der Waals surface area contributed by atoms with Crippen LogP contribution in [-0.2, 0) is 14.4 Å². The lowest BCUT2D eigenvalue weighted by Gasteiger charge is -2.12. The lowest BCUT2D eigenvalue weighted by molar-refractivity contribution is 0.334. The molecule has 0 heterocycles. The quantitative estimate of drug-likeness (QED) is 0.765. The second-order valence-electron chi connectivity index (χ2n) is 5.63. The van der Waals surface area contributed by atoms with E-state index in [1.807, 2.05) is 12.1 Å². The van der Waals surface area contributed by atoms with E-state index in [0.717, 1.165) is 43.4 Å². The molecule has 1 aromatic carbocycles. The van der Waals surface area contributed by atoms with Crippen molar-refractivity contribution in [2.45, 2.75) is 63.2 Å². The van der Waals surface area contributed by atoms with Gasteiger partial charge in [0.1, 0.15) is 4.90 Å². The number of oxime groups is 1. The zero-order chi connectivity index (χ0) is 15.3. The Kier molecular flexibility index (Phi) is 5.39. The maximum atomic E-state index is 12.1. The molecule has 1 fully saturated rings. The molecule has 116 valence electrons. The molecule has 5 heteroatoms. The van der Waals surface area contributed by atoms with Crippen molar-refractivity contribution in [3.05, 3.63) is 29.8 Å². The van der Waals surface area contributed by atoms with E-state index in [1.165, 1.54) is 6.42 Å². The topological polar surface area (TPSA) is 55.7 Å². The highest BCUT2D eigenvalue weighted by Crippen LogP contribution is 2.22. The van der Waals surface area contributed by atoms with Crippen molar-refractivity contribution >= 4 is 15.8 Å². The predicted octanol–water partition coefficient (Wildman–Crippen LogP) is 4.23. The zero-order valence-electron chi connectivity index (χ0n) is 12.7. The Morgan fingerprint density at radius 1 is 1.14 bits per heavy atom. The number of hydrogen-bond acceptors (Lipinski definition) is 4. The van der Waals surface area contributed by atoms with Gasteiger partial charge in [-0.15, -0.1) is 0 Å². The van der Waals surface area contributed by atoms with Crippen molar-refractivity contribution in [3.8, 4) is 0 Å². The Balaban J connectivity index is 2.08. The van der Waals surface area contributed by atoms with Crippen molar-refractivity contribution in [1.82, 2.24) is 0 Å². The van der Waals surface area contributed by atoms with Crippen LogP contribution in [0.4, 0.5) is 0 Å². The highest BCUT2D eigenvalue weighted by molar-refractivity contribution is 7.86. The Bertz CT molecular complexity index is 582. The molecule has 1 aromatic rings. The monoisotopic (exact) mass is 309 g/mol. The molecule has 0 N–H and O–H groups in total. The molecule has 0 aliphatic heterocycles. The van der Waals surface area contributed by atoms with Gasteiger partial charge in [-0.05, 0) is 55.7 Å². The average molecular weight is 309 g/mol. The number of hydrogen-bond donors (Lipinski definition) is 0. The second kappa shape index (κ2) is 7.07. The van der Waals surface area contributed by atoms with Crippen LogP contribution < -0.4 is 0 Å². The number of rotatable bonds is 5. The first-order chi connectivity index (χ1) is 10.0. The summed E-state index contributed by atoms with van der Waals surface area (Å²) in [6.45, 7) is 4.23. The van der Waals surface area contributed by atoms with E-state index in [-0.39, 0.29) is 4.90 Å². The van der Waals surface area contributed by atoms with E-state index < -0.39 is 10.1 Å². The fourth-order valence-electron chi connectivity index (χ4n) is 2.39. The molecule has 0 saturated heterocycles. The molecular formula is C16H23NO3S. The van der Waals surface area contributed by atoms with Crippen LogP contribution in [0, 0.1) is 0 Å². The summed E-state index contributed by atoms with van der Waals surface area (Å²) in [4.78, 5) is 0.162. The molecule has 4 nitrogen and oxygen atoms in total. The molecule has 0 radical (unpaired) electrons. The summed E-state index contributed by atoms with van der Waals surface area (Å²) in [7, 11) is -3.80. The predicted molar refractivity (Wildman–Crippen MR) is 83.9 cm³/mol. The summed E-state index contributed by atoms with van der Waals surface area (Å²) < 4.78 is 29.0. The first-order valence-electron chi connectivity index (χ1n) is 7.62. The van der Waals surface area contributed by atoms with E-state index in [4.69, 9.17) is 4.28 Å². The van der Waals surface area contributed by atoms with Gasteiger partial charge in [-0.1, -0.05) is 37.6 Å². The van der Waals surface area contributed by atoms with Crippen molar-refractivity contribution in [2.75, 3.05) is 0 Å². The van der Waals surface area contributed by atoms with Gasteiger partial charge in [0.2, 0.25) is 0 Å². The molecule has 0 aromatic heterocycles. The Labute approximate surface area is 127 Å². The summed E-state index contributed by atoms with van der Waals surface area (Å²) in [5, 5.41) is 3.83. The number of benzene rings is 1. The van der Waals surface area contributed by atoms with Gasteiger partial charge in [-0.2, -0.15) is 8.42 Å². The fourth-order valence-corrected chi connectivity index (χ4v) is 3.15. The molecule has 0 bridgehead atoms. The average Bonchev–Trinajstić information content (AvgIpc) is 2.53. The molecule has 0 amide bonds. The Morgan fingerprint density at radius 3 is 2.33 bits per heavy atom. The lowest BCUT2D eigenvalue weighted by Crippen LogP contribution is -2.09. The molecule has 1 saturated carbocycles. The van der Waals surface area contributed by atoms with Gasteiger partial charge in [0.05, 0.1) is 5.71 Å². The summed E-state index contributed by atoms with van der Waals surface area (Å²) >= 11 is 0. The molecule has 0 spiro atoms. The van der Waals surface area contributed by atoms with Crippen molar-refractivity contribution < 1.29 is 12.7 Å². The highest BCUT2D eigenvalue weighted by Gasteiger charge is 2.17. The maximum Gasteiger partial charge on any atom is 0.358 e. The van der Waals surface area contributed by atoms with Gasteiger partial charge in [0, 0.05) is 0 Å². The van der Waals surface area contributed by atoms with E-state index >= 15 is 0 Å². The SMILES string of the molecule is CCC(C)c1ccc(S(=O)(=O)ON=C2CCCCC2)cc1. The summed E-state index contributed by atoms with van der Waals surface area (Å²) in [6.07, 6.45) is 6.00. The van der Waals surface area contributed by atoms with Gasteiger partial charge < -0.3 is 0 Å². The van der Waals surface area contributed by atoms with Gasteiger partial charge >= 0.3 is 10.1 Å². The van der Waals surface area contributed by atoms with E-state index in [0.29, 0.717) is 5.92 Å². The number of nitrogens with zero attached hydrogens (tertiary/aromatic N) is 1. The molecular weight excluding hydrogens is 286 g/mol. The van der Waals surface area contributed by atoms with Crippen LogP contribution in [0.5, 0.6) is 0 Å². The molecule has 1 atom stereocenters. The third-order valence-electron chi connectivity index (χ3n) is 4.05. The normalized spacial score (nSPS) is 17.3. The van der Waals surface area contributed by atoms with E-state index in [1.54, 1.807) is 12.1 Å². The largest absolute Gasteiger partial charge is 0.358 e. The molecule has 2 rings (SSSR count). The van der Waals surface area contributed by atoms with Gasteiger partial charge in [0.15, 0.2) is 0 Å². The third-order valence-corrected chi connectivity index (χ3v) is 5.17. The Morgan fingerprint density at radius 2 is 1.76 bits per heavy atom. The third kappa shape index (κ3) is 4.30. The van der Waals surface area contributed by atoms with Crippen LogP contribution in [0.25, 0.3) is 0 Å². The molecule has 1 aliphatic carbocycles. The summed E-state index contributed by atoms with van der Waals surface area (Å²) in [6, 6.07) is 6.88. The minimum absolute atomic E-state index is 0.162. The van der Waals surface area contributed by atoms with Crippen molar-refractivity contribution in [2.24, 2.45) is 5.16 Å². The van der Waals surface area contributed by atoms with Crippen LogP contribution in [0.15, 0.2) is 34.3 Å². The van der Waals surface area contributed by atoms with Crippen molar-refractivity contribution in [3.63, 3.8) is 0 Å². The van der Waals surface area contributed by atoms with Gasteiger partial charge in [-0.3, -0.25) is 4.28 Å². The van der Waals surface area contributed by atoms with Crippen LogP contribution in [0.2, 0.25) is 0 Å². The van der Waals surface area contributed by atoms with Crippen molar-refractivity contribution in [1.29, 1.82) is 0 Å². The maximum absolute atomic E-state index is 12.1. The van der Waals surface area contributed by atoms with Crippen LogP contribution >= 0.6 is 0 Å². The minimum Gasteiger partial charge on any atom is -0.265 e. The highest BCUT2D eigenvalue weighted by atomic mass is 32.2. The lowest BCUT2D eigenvalue weighted by atomic mass is 9.99. The molecule has 1 unspecified atom stereocenters. The standard InChI is InChI=1S/C16H23NO3S/c1-3-13(2)14-9-11-16(12-10-14)21(18,19)20-17-15-7-5-4-6-8-15/h9-13H,3-8H2,1-2H3. The smallest absolute Gasteiger partial charge is 0.265 e. The minimum atomic E-state index is -3.80. The van der Waals surface area contributed by atoms with Crippen LogP contribution in [0.3, 0.4) is 0 Å². The second-order valence-corrected chi connectivity index (χ2v) is 7.15. The Hall–Kier alpha value is -1.36. The van der Waals surface area contributed by atoms with Crippen LogP contribution in [-0.4, -0.2) is 14.1 Å². The first-order valence-corrected chi connectivity index (χ1v) is 9.03. The van der Waals surface area contributed by atoms with E-state index in [2.05, 4.69) is 19.0 Å².